The van der Waals surface area contributed by atoms with E-state index in [-0.39, 0.29) is 6.42 Å². The third-order valence-electron chi connectivity index (χ3n) is 1.18. The van der Waals surface area contributed by atoms with E-state index in [1.807, 2.05) is 0 Å². The molecule has 9 heavy (non-hydrogen) atoms. The molecule has 1 saturated heterocycles. The van der Waals surface area contributed by atoms with Crippen molar-refractivity contribution in [1.82, 2.24) is 0 Å². The van der Waals surface area contributed by atoms with Gasteiger partial charge in [-0.05, 0) is 6.42 Å². The summed E-state index contributed by atoms with van der Waals surface area (Å²) in [6, 6.07) is -0.595. The zero-order valence-corrected chi connectivity index (χ0v) is 4.79. The monoisotopic (exact) mass is 129 g/mol. The minimum atomic E-state index is -0.605. The normalized spacial score (nSPS) is 27.9. The van der Waals surface area contributed by atoms with Crippen LogP contribution in [0.3, 0.4) is 0 Å². The molecule has 1 atom stereocenters. The third-order valence-corrected chi connectivity index (χ3v) is 1.18. The van der Waals surface area contributed by atoms with Crippen LogP contribution in [0.2, 0.25) is 0 Å². The highest BCUT2D eigenvalue weighted by Crippen LogP contribution is 2.05. The first kappa shape index (κ1) is 6.22. The Balaban J connectivity index is 2.54. The molecule has 0 aliphatic carbocycles. The topological polar surface area (TPSA) is 69.4 Å². The first-order valence-electron chi connectivity index (χ1n) is 2.70. The second-order valence-corrected chi connectivity index (χ2v) is 1.94. The number of esters is 2. The fourth-order valence-electron chi connectivity index (χ4n) is 0.630. The summed E-state index contributed by atoms with van der Waals surface area (Å²) in [5, 5.41) is 0. The predicted molar refractivity (Wildman–Crippen MR) is 28.3 cm³/mol. The molecule has 1 aliphatic heterocycles. The second-order valence-electron chi connectivity index (χ2n) is 1.94. The van der Waals surface area contributed by atoms with Crippen molar-refractivity contribution in [2.45, 2.75) is 18.9 Å². The summed E-state index contributed by atoms with van der Waals surface area (Å²) in [6.07, 6.45) is 0.671. The number of hydrogen-bond donors (Lipinski definition) is 1. The molecule has 0 aromatic rings. The first-order chi connectivity index (χ1) is 4.20. The van der Waals surface area contributed by atoms with Crippen molar-refractivity contribution in [3.63, 3.8) is 0 Å². The van der Waals surface area contributed by atoms with Crippen molar-refractivity contribution < 1.29 is 14.3 Å². The first-order valence-corrected chi connectivity index (χ1v) is 2.70. The lowest BCUT2D eigenvalue weighted by atomic mass is 10.1. The van der Waals surface area contributed by atoms with E-state index in [0.717, 1.165) is 0 Å². The van der Waals surface area contributed by atoms with Gasteiger partial charge in [0.05, 0.1) is 0 Å². The van der Waals surface area contributed by atoms with Crippen LogP contribution in [0.5, 0.6) is 0 Å². The molecule has 4 heteroatoms. The van der Waals surface area contributed by atoms with E-state index < -0.39 is 18.0 Å². The van der Waals surface area contributed by atoms with Crippen molar-refractivity contribution in [2.75, 3.05) is 0 Å². The largest absolute Gasteiger partial charge is 0.392 e. The molecule has 0 saturated carbocycles. The van der Waals surface area contributed by atoms with Crippen molar-refractivity contribution in [3.8, 4) is 0 Å². The molecule has 0 aromatic heterocycles. The van der Waals surface area contributed by atoms with Gasteiger partial charge in [-0.1, -0.05) is 0 Å². The Morgan fingerprint density at radius 3 is 2.67 bits per heavy atom. The van der Waals surface area contributed by atoms with Gasteiger partial charge >= 0.3 is 11.9 Å². The summed E-state index contributed by atoms with van der Waals surface area (Å²) < 4.78 is 4.20. The average molecular weight is 129 g/mol. The van der Waals surface area contributed by atoms with E-state index in [1.54, 1.807) is 0 Å². The molecule has 1 unspecified atom stereocenters. The van der Waals surface area contributed by atoms with Gasteiger partial charge in [-0.3, -0.25) is 4.79 Å². The maximum atomic E-state index is 10.4. The van der Waals surface area contributed by atoms with Gasteiger partial charge in [0.2, 0.25) is 0 Å². The zero-order valence-electron chi connectivity index (χ0n) is 4.79. The van der Waals surface area contributed by atoms with Crippen molar-refractivity contribution in [3.05, 3.63) is 0 Å². The van der Waals surface area contributed by atoms with Crippen LogP contribution in [0, 0.1) is 0 Å². The summed E-state index contributed by atoms with van der Waals surface area (Å²) in [4.78, 5) is 20.8. The maximum absolute atomic E-state index is 10.4. The molecule has 1 aliphatic rings. The molecular weight excluding hydrogens is 122 g/mol. The Kier molecular flexibility index (Phi) is 1.48. The predicted octanol–water partition coefficient (Wildman–Crippen LogP) is -0.823. The number of ether oxygens (including phenoxy) is 1. The quantitative estimate of drug-likeness (QED) is 0.342. The number of cyclic esters (lactones) is 2. The van der Waals surface area contributed by atoms with E-state index in [4.69, 9.17) is 5.73 Å². The third kappa shape index (κ3) is 1.26. The SMILES string of the molecule is NC1CCC(=O)OC1=O. The van der Waals surface area contributed by atoms with Crippen LogP contribution >= 0.6 is 0 Å². The Morgan fingerprint density at radius 1 is 1.56 bits per heavy atom. The fraction of sp³-hybridized carbons (Fsp3) is 0.600. The Morgan fingerprint density at radius 2 is 2.22 bits per heavy atom. The smallest absolute Gasteiger partial charge is 0.330 e. The fourth-order valence-corrected chi connectivity index (χ4v) is 0.630. The van der Waals surface area contributed by atoms with Crippen LogP contribution in [0.4, 0.5) is 0 Å². The highest BCUT2D eigenvalue weighted by Gasteiger charge is 2.24. The zero-order chi connectivity index (χ0) is 6.85. The highest BCUT2D eigenvalue weighted by molar-refractivity contribution is 5.91. The van der Waals surface area contributed by atoms with E-state index in [2.05, 4.69) is 4.74 Å². The standard InChI is InChI=1S/C5H7NO3/c6-3-1-2-4(7)9-5(3)8/h3H,1-2,6H2. The van der Waals surface area contributed by atoms with Crippen molar-refractivity contribution in [1.29, 1.82) is 0 Å². The molecule has 1 rings (SSSR count). The summed E-state index contributed by atoms with van der Waals surface area (Å²) in [6.45, 7) is 0. The van der Waals surface area contributed by atoms with Gasteiger partial charge in [0.25, 0.3) is 0 Å². The molecule has 0 spiro atoms. The second kappa shape index (κ2) is 2.14. The molecule has 50 valence electrons. The van der Waals surface area contributed by atoms with Gasteiger partial charge in [-0.15, -0.1) is 0 Å². The van der Waals surface area contributed by atoms with Crippen LogP contribution in [0.25, 0.3) is 0 Å². The number of rotatable bonds is 0. The molecule has 0 aromatic carbocycles. The lowest BCUT2D eigenvalue weighted by Gasteiger charge is -2.14. The van der Waals surface area contributed by atoms with Crippen LogP contribution < -0.4 is 5.73 Å². The lowest BCUT2D eigenvalue weighted by Crippen LogP contribution is -2.38. The minimum absolute atomic E-state index is 0.257. The molecule has 4 nitrogen and oxygen atoms in total. The summed E-state index contributed by atoms with van der Waals surface area (Å²) in [5.41, 5.74) is 5.21. The Bertz CT molecular complexity index is 154. The molecule has 0 amide bonds. The van der Waals surface area contributed by atoms with Gasteiger partial charge in [0.1, 0.15) is 6.04 Å². The lowest BCUT2D eigenvalue weighted by molar-refractivity contribution is -0.164. The van der Waals surface area contributed by atoms with Gasteiger partial charge in [0, 0.05) is 6.42 Å². The molecule has 1 fully saturated rings. The Hall–Kier alpha value is -0.900. The molecule has 0 bridgehead atoms. The van der Waals surface area contributed by atoms with Crippen molar-refractivity contribution in [2.24, 2.45) is 5.73 Å². The van der Waals surface area contributed by atoms with E-state index in [1.165, 1.54) is 0 Å². The van der Waals surface area contributed by atoms with Gasteiger partial charge in [0.15, 0.2) is 0 Å². The number of nitrogens with two attached hydrogens (primary N) is 1. The van der Waals surface area contributed by atoms with Gasteiger partial charge in [-0.2, -0.15) is 0 Å². The maximum Gasteiger partial charge on any atom is 0.330 e. The molecular formula is C5H7NO3. The van der Waals surface area contributed by atoms with Gasteiger partial charge < -0.3 is 10.5 Å². The van der Waals surface area contributed by atoms with Crippen LogP contribution in [0.1, 0.15) is 12.8 Å². The van der Waals surface area contributed by atoms with Crippen molar-refractivity contribution >= 4 is 11.9 Å². The highest BCUT2D eigenvalue weighted by atomic mass is 16.6. The van der Waals surface area contributed by atoms with E-state index >= 15 is 0 Å². The molecule has 0 radical (unpaired) electrons. The summed E-state index contributed by atoms with van der Waals surface area (Å²) >= 11 is 0. The van der Waals surface area contributed by atoms with Crippen LogP contribution in [0.15, 0.2) is 0 Å². The van der Waals surface area contributed by atoms with E-state index in [9.17, 15) is 9.59 Å². The molecule has 2 N–H and O–H groups in total. The molecule has 1 heterocycles. The van der Waals surface area contributed by atoms with Crippen LogP contribution in [-0.2, 0) is 14.3 Å². The average Bonchev–Trinajstić information content (AvgIpc) is 1.80. The minimum Gasteiger partial charge on any atom is -0.392 e. The Labute approximate surface area is 52.0 Å². The number of hydrogen-bond acceptors (Lipinski definition) is 4. The van der Waals surface area contributed by atoms with Gasteiger partial charge in [-0.25, -0.2) is 4.79 Å². The van der Waals surface area contributed by atoms with Crippen LogP contribution in [-0.4, -0.2) is 18.0 Å². The number of carbonyl (C=O) groups is 2. The summed E-state index contributed by atoms with van der Waals surface area (Å²) in [7, 11) is 0. The summed E-state index contributed by atoms with van der Waals surface area (Å²) in [5.74, 6) is -1.08. The van der Waals surface area contributed by atoms with E-state index in [0.29, 0.717) is 6.42 Å². The number of carbonyl (C=O) groups excluding carboxylic acids is 2.